The first-order valence-corrected chi connectivity index (χ1v) is 11.1. The zero-order chi connectivity index (χ0) is 24.3. The fourth-order valence-corrected chi connectivity index (χ4v) is 4.47. The van der Waals surface area contributed by atoms with E-state index in [0.29, 0.717) is 30.1 Å². The average molecular weight is 493 g/mol. The fourth-order valence-electron chi connectivity index (χ4n) is 3.61. The molecule has 0 radical (unpaired) electrons. The molecule has 4 rings (SSSR count). The molecular formula is C22H19F4N5O2S. The lowest BCUT2D eigenvalue weighted by Gasteiger charge is -2.31. The predicted molar refractivity (Wildman–Crippen MR) is 118 cm³/mol. The Morgan fingerprint density at radius 2 is 1.76 bits per heavy atom. The topological polar surface area (TPSA) is 87.2 Å². The van der Waals surface area contributed by atoms with Gasteiger partial charge in [-0.2, -0.15) is 13.2 Å². The Labute approximate surface area is 195 Å². The Morgan fingerprint density at radius 3 is 2.50 bits per heavy atom. The molecule has 2 heterocycles. The highest BCUT2D eigenvalue weighted by Gasteiger charge is 2.34. The van der Waals surface area contributed by atoms with E-state index in [-0.39, 0.29) is 23.2 Å². The van der Waals surface area contributed by atoms with Crippen molar-refractivity contribution in [3.63, 3.8) is 0 Å². The van der Waals surface area contributed by atoms with Crippen molar-refractivity contribution in [3.05, 3.63) is 69.9 Å². The minimum absolute atomic E-state index is 0.111. The molecule has 1 aliphatic rings. The molecule has 1 fully saturated rings. The van der Waals surface area contributed by atoms with Crippen LogP contribution in [0, 0.1) is 5.82 Å². The fraction of sp³-hybridized carbons (Fsp3) is 0.273. The number of carbonyl (C=O) groups is 2. The zero-order valence-corrected chi connectivity index (χ0v) is 18.4. The number of urea groups is 1. The summed E-state index contributed by atoms with van der Waals surface area (Å²) in [4.78, 5) is 26.5. The summed E-state index contributed by atoms with van der Waals surface area (Å²) in [7, 11) is 0. The maximum absolute atomic E-state index is 13.2. The lowest BCUT2D eigenvalue weighted by Crippen LogP contribution is -2.41. The first-order valence-electron chi connectivity index (χ1n) is 10.3. The summed E-state index contributed by atoms with van der Waals surface area (Å²) in [6.45, 7) is 0.613. The van der Waals surface area contributed by atoms with Crippen molar-refractivity contribution in [1.29, 1.82) is 0 Å². The van der Waals surface area contributed by atoms with Gasteiger partial charge in [-0.15, -0.1) is 10.2 Å². The van der Waals surface area contributed by atoms with Crippen LogP contribution in [0.4, 0.5) is 33.7 Å². The van der Waals surface area contributed by atoms with Gasteiger partial charge in [-0.1, -0.05) is 23.5 Å². The number of likely N-dealkylation sites (tertiary alicyclic amines) is 1. The lowest BCUT2D eigenvalue weighted by molar-refractivity contribution is -0.136. The largest absolute Gasteiger partial charge is 0.418 e. The van der Waals surface area contributed by atoms with Crippen molar-refractivity contribution in [2.24, 2.45) is 0 Å². The van der Waals surface area contributed by atoms with E-state index in [1.54, 1.807) is 0 Å². The molecule has 3 aromatic rings. The van der Waals surface area contributed by atoms with Gasteiger partial charge in [0.1, 0.15) is 10.8 Å². The molecule has 178 valence electrons. The van der Waals surface area contributed by atoms with Gasteiger partial charge in [0.25, 0.3) is 5.91 Å². The van der Waals surface area contributed by atoms with Crippen LogP contribution in [0.15, 0.2) is 48.5 Å². The van der Waals surface area contributed by atoms with Crippen LogP contribution in [-0.4, -0.2) is 40.1 Å². The Bertz CT molecular complexity index is 1180. The molecule has 3 amide bonds. The number of halogens is 4. The number of hydrogen-bond donors (Lipinski definition) is 2. The van der Waals surface area contributed by atoms with Crippen molar-refractivity contribution in [3.8, 4) is 0 Å². The normalized spacial score (nSPS) is 16.2. The van der Waals surface area contributed by atoms with Crippen molar-refractivity contribution >= 4 is 34.6 Å². The second kappa shape index (κ2) is 9.75. The molecule has 1 atom stereocenters. The van der Waals surface area contributed by atoms with Crippen LogP contribution in [0.25, 0.3) is 0 Å². The van der Waals surface area contributed by atoms with E-state index < -0.39 is 29.5 Å². The summed E-state index contributed by atoms with van der Waals surface area (Å²) in [5.74, 6) is -1.13. The molecular weight excluding hydrogens is 474 g/mol. The van der Waals surface area contributed by atoms with Crippen molar-refractivity contribution in [1.82, 2.24) is 15.1 Å². The minimum atomic E-state index is -4.59. The van der Waals surface area contributed by atoms with E-state index in [4.69, 9.17) is 0 Å². The molecule has 12 heteroatoms. The first kappa shape index (κ1) is 23.6. The zero-order valence-electron chi connectivity index (χ0n) is 17.6. The summed E-state index contributed by atoms with van der Waals surface area (Å²) in [5, 5.41) is 13.6. The van der Waals surface area contributed by atoms with Gasteiger partial charge < -0.3 is 15.5 Å². The highest BCUT2D eigenvalue weighted by atomic mass is 32.1. The van der Waals surface area contributed by atoms with Gasteiger partial charge in [0.2, 0.25) is 5.01 Å². The molecule has 0 aliphatic carbocycles. The van der Waals surface area contributed by atoms with Gasteiger partial charge in [-0.05, 0) is 49.2 Å². The molecule has 0 saturated carbocycles. The number of carbonyl (C=O) groups excluding carboxylic acids is 2. The number of alkyl halides is 3. The third kappa shape index (κ3) is 5.50. The summed E-state index contributed by atoms with van der Waals surface area (Å²) >= 11 is 1.08. The Hall–Kier alpha value is -3.54. The molecule has 1 saturated heterocycles. The summed E-state index contributed by atoms with van der Waals surface area (Å²) in [5.41, 5.74) is -0.821. The number of aromatic nitrogens is 2. The number of nitrogens with zero attached hydrogens (tertiary/aromatic N) is 3. The number of para-hydroxylation sites is 1. The highest BCUT2D eigenvalue weighted by molar-refractivity contribution is 7.13. The molecule has 7 nitrogen and oxygen atoms in total. The quantitative estimate of drug-likeness (QED) is 0.479. The third-order valence-corrected chi connectivity index (χ3v) is 6.35. The Morgan fingerprint density at radius 1 is 1.03 bits per heavy atom. The van der Waals surface area contributed by atoms with Gasteiger partial charge in [0.15, 0.2) is 0 Å². The average Bonchev–Trinajstić information content (AvgIpc) is 3.31. The molecule has 2 N–H and O–H groups in total. The minimum Gasteiger partial charge on any atom is -0.324 e. The smallest absolute Gasteiger partial charge is 0.324 e. The number of nitrogens with one attached hydrogen (secondary N) is 2. The van der Waals surface area contributed by atoms with Crippen molar-refractivity contribution in [2.45, 2.75) is 24.9 Å². The van der Waals surface area contributed by atoms with E-state index in [1.807, 2.05) is 0 Å². The number of rotatable bonds is 4. The number of hydrogen-bond acceptors (Lipinski definition) is 5. The second-order valence-electron chi connectivity index (χ2n) is 7.67. The van der Waals surface area contributed by atoms with Crippen LogP contribution in [0.5, 0.6) is 0 Å². The standard InChI is InChI=1S/C22H19F4N5O2S/c23-14-7-9-15(10-8-14)27-18(32)20-30-29-19(34-20)13-4-3-11-31(12-13)21(33)28-17-6-2-1-5-16(17)22(24,25)26/h1-2,5-10,13H,3-4,11-12H2,(H,27,32)(H,28,33)/t13-/m1/s1. The van der Waals surface area contributed by atoms with E-state index in [2.05, 4.69) is 20.8 Å². The molecule has 34 heavy (non-hydrogen) atoms. The molecule has 1 aliphatic heterocycles. The maximum atomic E-state index is 13.2. The van der Waals surface area contributed by atoms with E-state index >= 15 is 0 Å². The summed E-state index contributed by atoms with van der Waals surface area (Å²) < 4.78 is 52.7. The molecule has 0 spiro atoms. The Kier molecular flexibility index (Phi) is 6.77. The Balaban J connectivity index is 1.41. The molecule has 0 unspecified atom stereocenters. The SMILES string of the molecule is O=C(Nc1ccc(F)cc1)c1nnc([C@@H]2CCCN(C(=O)Nc3ccccc3C(F)(F)F)C2)s1. The van der Waals surface area contributed by atoms with Crippen LogP contribution < -0.4 is 10.6 Å². The maximum Gasteiger partial charge on any atom is 0.418 e. The van der Waals surface area contributed by atoms with Crippen LogP contribution >= 0.6 is 11.3 Å². The van der Waals surface area contributed by atoms with Gasteiger partial charge in [0, 0.05) is 24.7 Å². The van der Waals surface area contributed by atoms with E-state index in [9.17, 15) is 27.2 Å². The number of anilines is 2. The first-order chi connectivity index (χ1) is 16.2. The van der Waals surface area contributed by atoms with Gasteiger partial charge in [0.05, 0.1) is 11.3 Å². The monoisotopic (exact) mass is 493 g/mol. The second-order valence-corrected chi connectivity index (χ2v) is 8.67. The van der Waals surface area contributed by atoms with Gasteiger partial charge in [-0.25, -0.2) is 9.18 Å². The molecule has 2 aromatic carbocycles. The number of amides is 3. The molecule has 0 bridgehead atoms. The van der Waals surface area contributed by atoms with Crippen LogP contribution in [0.3, 0.4) is 0 Å². The van der Waals surface area contributed by atoms with Crippen molar-refractivity contribution in [2.75, 3.05) is 23.7 Å². The summed E-state index contributed by atoms with van der Waals surface area (Å²) in [6.07, 6.45) is -3.28. The third-order valence-electron chi connectivity index (χ3n) is 5.27. The van der Waals surface area contributed by atoms with Crippen LogP contribution in [0.1, 0.15) is 39.1 Å². The van der Waals surface area contributed by atoms with E-state index in [1.165, 1.54) is 47.4 Å². The lowest BCUT2D eigenvalue weighted by atomic mass is 9.99. The number of benzene rings is 2. The van der Waals surface area contributed by atoms with Crippen molar-refractivity contribution < 1.29 is 27.2 Å². The highest BCUT2D eigenvalue weighted by Crippen LogP contribution is 2.35. The van der Waals surface area contributed by atoms with Crippen LogP contribution in [-0.2, 0) is 6.18 Å². The number of piperidine rings is 1. The summed E-state index contributed by atoms with van der Waals surface area (Å²) in [6, 6.07) is 9.44. The predicted octanol–water partition coefficient (Wildman–Crippen LogP) is 5.36. The van der Waals surface area contributed by atoms with Gasteiger partial charge >= 0.3 is 12.2 Å². The van der Waals surface area contributed by atoms with Gasteiger partial charge in [-0.3, -0.25) is 4.79 Å². The van der Waals surface area contributed by atoms with E-state index in [0.717, 1.165) is 17.4 Å². The van der Waals surface area contributed by atoms with Crippen LogP contribution in [0.2, 0.25) is 0 Å². The molecule has 1 aromatic heterocycles.